The number of hydrogen-bond donors (Lipinski definition) is 1. The Bertz CT molecular complexity index is 501. The van der Waals surface area contributed by atoms with Crippen molar-refractivity contribution in [3.05, 3.63) is 35.6 Å². The summed E-state index contributed by atoms with van der Waals surface area (Å²) in [4.78, 5) is 0. The first kappa shape index (κ1) is 14.6. The molecule has 1 N–H and O–H groups in total. The number of nitrogens with one attached hydrogen (secondary N) is 1. The molecule has 0 aliphatic rings. The van der Waals surface area contributed by atoms with Crippen molar-refractivity contribution in [2.24, 2.45) is 0 Å². The topological polar surface area (TPSA) is 37.8 Å². The van der Waals surface area contributed by atoms with Gasteiger partial charge in [0.25, 0.3) is 0 Å². The van der Waals surface area contributed by atoms with E-state index in [9.17, 15) is 4.39 Å². The van der Waals surface area contributed by atoms with E-state index in [0.717, 1.165) is 26.5 Å². The lowest BCUT2D eigenvalue weighted by Gasteiger charge is -2.01. The number of hydrogen-bond acceptors (Lipinski definition) is 6. The highest BCUT2D eigenvalue weighted by Crippen LogP contribution is 2.26. The molecule has 2 aromatic rings. The SMILES string of the molecule is CSCCSc1nnc(NCc2ccc(F)cc2)s1. The predicted molar refractivity (Wildman–Crippen MR) is 82.7 cm³/mol. The molecule has 0 fully saturated rings. The largest absolute Gasteiger partial charge is 0.356 e. The Labute approximate surface area is 124 Å². The number of halogens is 1. The maximum Gasteiger partial charge on any atom is 0.206 e. The van der Waals surface area contributed by atoms with Gasteiger partial charge >= 0.3 is 0 Å². The second-order valence-corrected chi connectivity index (χ2v) is 7.00. The molecule has 0 spiro atoms. The lowest BCUT2D eigenvalue weighted by atomic mass is 10.2. The standard InChI is InChI=1S/C12H14FN3S3/c1-17-6-7-18-12-16-15-11(19-12)14-8-9-2-4-10(13)5-3-9/h2-5H,6-8H2,1H3,(H,14,15). The van der Waals surface area contributed by atoms with Crippen molar-refractivity contribution in [2.75, 3.05) is 23.1 Å². The molecule has 0 bridgehead atoms. The minimum atomic E-state index is -0.216. The third kappa shape index (κ3) is 5.00. The zero-order chi connectivity index (χ0) is 13.5. The average Bonchev–Trinajstić information content (AvgIpc) is 2.86. The lowest BCUT2D eigenvalue weighted by Crippen LogP contribution is -1.98. The number of aromatic nitrogens is 2. The Balaban J connectivity index is 1.81. The van der Waals surface area contributed by atoms with Crippen molar-refractivity contribution in [1.29, 1.82) is 0 Å². The summed E-state index contributed by atoms with van der Waals surface area (Å²) < 4.78 is 13.7. The molecule has 19 heavy (non-hydrogen) atoms. The van der Waals surface area contributed by atoms with Crippen LogP contribution in [-0.2, 0) is 6.54 Å². The van der Waals surface area contributed by atoms with Crippen LogP contribution in [0.4, 0.5) is 9.52 Å². The van der Waals surface area contributed by atoms with E-state index in [1.54, 1.807) is 35.2 Å². The minimum Gasteiger partial charge on any atom is -0.356 e. The first-order chi connectivity index (χ1) is 9.28. The van der Waals surface area contributed by atoms with Crippen molar-refractivity contribution in [3.8, 4) is 0 Å². The molecule has 3 nitrogen and oxygen atoms in total. The highest BCUT2D eigenvalue weighted by atomic mass is 32.2. The van der Waals surface area contributed by atoms with Gasteiger partial charge in [-0.05, 0) is 24.0 Å². The van der Waals surface area contributed by atoms with Gasteiger partial charge < -0.3 is 5.32 Å². The van der Waals surface area contributed by atoms with Gasteiger partial charge in [-0.15, -0.1) is 10.2 Å². The van der Waals surface area contributed by atoms with E-state index >= 15 is 0 Å². The van der Waals surface area contributed by atoms with Gasteiger partial charge in [-0.25, -0.2) is 4.39 Å². The van der Waals surface area contributed by atoms with Crippen LogP contribution in [-0.4, -0.2) is 28.0 Å². The summed E-state index contributed by atoms with van der Waals surface area (Å²) in [5.41, 5.74) is 1.02. The van der Waals surface area contributed by atoms with Gasteiger partial charge in [0.15, 0.2) is 4.34 Å². The van der Waals surface area contributed by atoms with E-state index in [-0.39, 0.29) is 5.82 Å². The van der Waals surface area contributed by atoms with Crippen LogP contribution in [0, 0.1) is 5.82 Å². The number of thioether (sulfide) groups is 2. The smallest absolute Gasteiger partial charge is 0.206 e. The summed E-state index contributed by atoms with van der Waals surface area (Å²) in [5, 5.41) is 12.2. The van der Waals surface area contributed by atoms with Crippen molar-refractivity contribution in [2.45, 2.75) is 10.9 Å². The molecule has 0 amide bonds. The van der Waals surface area contributed by atoms with Crippen molar-refractivity contribution in [3.63, 3.8) is 0 Å². The summed E-state index contributed by atoms with van der Waals surface area (Å²) in [5.74, 6) is 1.95. The first-order valence-corrected chi connectivity index (χ1v) is 8.91. The van der Waals surface area contributed by atoms with Crippen LogP contribution < -0.4 is 5.32 Å². The summed E-state index contributed by atoms with van der Waals surface area (Å²) in [6.07, 6.45) is 2.09. The van der Waals surface area contributed by atoms with E-state index in [1.165, 1.54) is 12.1 Å². The van der Waals surface area contributed by atoms with Crippen molar-refractivity contribution >= 4 is 40.0 Å². The predicted octanol–water partition coefficient (Wildman–Crippen LogP) is 3.74. The molecule has 7 heteroatoms. The second kappa shape index (κ2) is 7.72. The van der Waals surface area contributed by atoms with Crippen molar-refractivity contribution < 1.29 is 4.39 Å². The van der Waals surface area contributed by atoms with Gasteiger partial charge in [0, 0.05) is 18.1 Å². The van der Waals surface area contributed by atoms with E-state index in [1.807, 2.05) is 11.8 Å². The van der Waals surface area contributed by atoms with Gasteiger partial charge in [0.05, 0.1) is 0 Å². The van der Waals surface area contributed by atoms with E-state index in [0.29, 0.717) is 6.54 Å². The van der Waals surface area contributed by atoms with Crippen molar-refractivity contribution in [1.82, 2.24) is 10.2 Å². The fraction of sp³-hybridized carbons (Fsp3) is 0.333. The van der Waals surface area contributed by atoms with Crippen LogP contribution in [0.1, 0.15) is 5.56 Å². The fourth-order valence-corrected chi connectivity index (χ4v) is 3.80. The van der Waals surface area contributed by atoms with E-state index in [4.69, 9.17) is 0 Å². The molecule has 0 unspecified atom stereocenters. The molecule has 0 saturated carbocycles. The Kier molecular flexibility index (Phi) is 5.93. The van der Waals surface area contributed by atoms with Crippen LogP contribution in [0.15, 0.2) is 28.6 Å². The van der Waals surface area contributed by atoms with Gasteiger partial charge in [-0.1, -0.05) is 35.2 Å². The molecular weight excluding hydrogens is 301 g/mol. The molecule has 102 valence electrons. The summed E-state index contributed by atoms with van der Waals surface area (Å²) in [6.45, 7) is 0.629. The van der Waals surface area contributed by atoms with Gasteiger partial charge in [-0.2, -0.15) is 11.8 Å². The maximum atomic E-state index is 12.8. The van der Waals surface area contributed by atoms with E-state index in [2.05, 4.69) is 21.8 Å². The molecule has 1 heterocycles. The quantitative estimate of drug-likeness (QED) is 0.622. The highest BCUT2D eigenvalue weighted by Gasteiger charge is 2.04. The van der Waals surface area contributed by atoms with Crippen LogP contribution in [0.3, 0.4) is 0 Å². The monoisotopic (exact) mass is 315 g/mol. The van der Waals surface area contributed by atoms with Crippen LogP contribution in [0.2, 0.25) is 0 Å². The van der Waals surface area contributed by atoms with Gasteiger partial charge in [-0.3, -0.25) is 0 Å². The van der Waals surface area contributed by atoms with Gasteiger partial charge in [0.1, 0.15) is 5.82 Å². The molecule has 1 aromatic carbocycles. The van der Waals surface area contributed by atoms with Gasteiger partial charge in [0.2, 0.25) is 5.13 Å². The van der Waals surface area contributed by atoms with E-state index < -0.39 is 0 Å². The zero-order valence-corrected chi connectivity index (χ0v) is 12.9. The lowest BCUT2D eigenvalue weighted by molar-refractivity contribution is 0.627. The zero-order valence-electron chi connectivity index (χ0n) is 10.4. The second-order valence-electron chi connectivity index (χ2n) is 3.69. The Morgan fingerprint density at radius 1 is 1.21 bits per heavy atom. The Hall–Kier alpha value is -0.790. The first-order valence-electron chi connectivity index (χ1n) is 5.71. The van der Waals surface area contributed by atoms with Crippen LogP contribution in [0.5, 0.6) is 0 Å². The van der Waals surface area contributed by atoms with Crippen LogP contribution >= 0.6 is 34.9 Å². The molecule has 2 rings (SSSR count). The molecular formula is C12H14FN3S3. The third-order valence-corrected chi connectivity index (χ3v) is 5.16. The number of benzene rings is 1. The normalized spacial score (nSPS) is 10.6. The molecule has 0 saturated heterocycles. The summed E-state index contributed by atoms with van der Waals surface area (Å²) in [7, 11) is 0. The Morgan fingerprint density at radius 2 is 2.00 bits per heavy atom. The summed E-state index contributed by atoms with van der Waals surface area (Å²) >= 11 is 5.10. The number of nitrogens with zero attached hydrogens (tertiary/aromatic N) is 2. The molecule has 0 aliphatic heterocycles. The average molecular weight is 315 g/mol. The number of rotatable bonds is 7. The van der Waals surface area contributed by atoms with Crippen LogP contribution in [0.25, 0.3) is 0 Å². The molecule has 0 aliphatic carbocycles. The third-order valence-electron chi connectivity index (χ3n) is 2.28. The molecule has 0 atom stereocenters. The summed E-state index contributed by atoms with van der Waals surface area (Å²) in [6, 6.07) is 6.44. The molecule has 1 aromatic heterocycles. The fourth-order valence-electron chi connectivity index (χ4n) is 1.33. The molecule has 0 radical (unpaired) electrons. The minimum absolute atomic E-state index is 0.216. The number of anilines is 1. The Morgan fingerprint density at radius 3 is 2.74 bits per heavy atom. The maximum absolute atomic E-state index is 12.8. The highest BCUT2D eigenvalue weighted by molar-refractivity contribution is 8.03.